The predicted molar refractivity (Wildman–Crippen MR) is 100 cm³/mol. The summed E-state index contributed by atoms with van der Waals surface area (Å²) < 4.78 is 6.05. The van der Waals surface area contributed by atoms with E-state index in [9.17, 15) is 4.79 Å². The van der Waals surface area contributed by atoms with Crippen LogP contribution in [-0.4, -0.2) is 23.0 Å². The van der Waals surface area contributed by atoms with Crippen molar-refractivity contribution in [3.05, 3.63) is 71.1 Å². The van der Waals surface area contributed by atoms with Gasteiger partial charge in [-0.3, -0.25) is 4.79 Å². The Bertz CT molecular complexity index is 902. The van der Waals surface area contributed by atoms with Gasteiger partial charge in [-0.15, -0.1) is 0 Å². The van der Waals surface area contributed by atoms with Crippen LogP contribution in [0.5, 0.6) is 5.75 Å². The fraction of sp³-hybridized carbons (Fsp3) is 0.0556. The Kier molecular flexibility index (Phi) is 5.25. The quantitative estimate of drug-likeness (QED) is 0.671. The molecule has 6 nitrogen and oxygen atoms in total. The molecule has 1 aromatic heterocycles. The molecule has 3 rings (SSSR count). The summed E-state index contributed by atoms with van der Waals surface area (Å²) in [7, 11) is 1.57. The van der Waals surface area contributed by atoms with Crippen molar-refractivity contribution in [2.75, 3.05) is 17.7 Å². The molecular weight excluding hydrogens is 384 g/mol. The molecule has 0 spiro atoms. The molecular formula is C18H15BrN4O2. The lowest BCUT2D eigenvalue weighted by atomic mass is 10.2. The summed E-state index contributed by atoms with van der Waals surface area (Å²) in [6, 6.07) is 16.4. The Balaban J connectivity index is 1.76. The molecule has 0 aliphatic carbocycles. The molecule has 7 heteroatoms. The summed E-state index contributed by atoms with van der Waals surface area (Å²) in [4.78, 5) is 20.6. The second-order valence-corrected chi connectivity index (χ2v) is 5.93. The van der Waals surface area contributed by atoms with Gasteiger partial charge in [0.2, 0.25) is 0 Å². The molecule has 0 saturated carbocycles. The maximum Gasteiger partial charge on any atom is 0.274 e. The van der Waals surface area contributed by atoms with Crippen LogP contribution in [-0.2, 0) is 0 Å². The Morgan fingerprint density at radius 3 is 2.72 bits per heavy atom. The molecule has 2 aromatic carbocycles. The number of benzene rings is 2. The third-order valence-corrected chi connectivity index (χ3v) is 4.06. The molecule has 1 amide bonds. The third-order valence-electron chi connectivity index (χ3n) is 3.36. The van der Waals surface area contributed by atoms with Crippen LogP contribution >= 0.6 is 15.9 Å². The molecule has 0 unspecified atom stereocenters. The minimum atomic E-state index is -0.328. The molecule has 25 heavy (non-hydrogen) atoms. The summed E-state index contributed by atoms with van der Waals surface area (Å²) in [5.74, 6) is 0.861. The Hall–Kier alpha value is -2.93. The van der Waals surface area contributed by atoms with Gasteiger partial charge in [0.25, 0.3) is 5.91 Å². The fourth-order valence-corrected chi connectivity index (χ4v) is 2.53. The van der Waals surface area contributed by atoms with Gasteiger partial charge in [0.05, 0.1) is 12.8 Å². The number of rotatable bonds is 5. The predicted octanol–water partition coefficient (Wildman–Crippen LogP) is 4.24. The molecule has 3 aromatic rings. The van der Waals surface area contributed by atoms with Crippen molar-refractivity contribution in [2.24, 2.45) is 0 Å². The summed E-state index contributed by atoms with van der Waals surface area (Å²) in [5, 5.41) is 5.94. The monoisotopic (exact) mass is 398 g/mol. The number of para-hydroxylation sites is 1. The summed E-state index contributed by atoms with van der Waals surface area (Å²) in [5.41, 5.74) is 1.73. The first kappa shape index (κ1) is 16.9. The summed E-state index contributed by atoms with van der Waals surface area (Å²) in [6.07, 6.45) is 1.35. The average Bonchev–Trinajstić information content (AvgIpc) is 2.64. The van der Waals surface area contributed by atoms with Gasteiger partial charge in [-0.2, -0.15) is 0 Å². The van der Waals surface area contributed by atoms with Gasteiger partial charge in [-0.05, 0) is 40.2 Å². The normalized spacial score (nSPS) is 10.2. The highest BCUT2D eigenvalue weighted by atomic mass is 79.9. The molecule has 1 heterocycles. The van der Waals surface area contributed by atoms with Crippen molar-refractivity contribution in [3.63, 3.8) is 0 Å². The zero-order valence-corrected chi connectivity index (χ0v) is 14.9. The van der Waals surface area contributed by atoms with Crippen molar-refractivity contribution in [1.82, 2.24) is 9.97 Å². The lowest BCUT2D eigenvalue weighted by Crippen LogP contribution is -2.14. The number of anilines is 3. The van der Waals surface area contributed by atoms with Crippen molar-refractivity contribution in [2.45, 2.75) is 0 Å². The van der Waals surface area contributed by atoms with Crippen LogP contribution in [0.15, 0.2) is 65.4 Å². The summed E-state index contributed by atoms with van der Waals surface area (Å²) >= 11 is 3.46. The van der Waals surface area contributed by atoms with Gasteiger partial charge in [0.15, 0.2) is 0 Å². The number of ether oxygens (including phenoxy) is 1. The maximum absolute atomic E-state index is 12.4. The Labute approximate surface area is 153 Å². The van der Waals surface area contributed by atoms with Crippen molar-refractivity contribution in [3.8, 4) is 5.75 Å². The number of hydrogen-bond acceptors (Lipinski definition) is 5. The van der Waals surface area contributed by atoms with Crippen LogP contribution < -0.4 is 15.4 Å². The average molecular weight is 399 g/mol. The number of carbonyl (C=O) groups excluding carboxylic acids is 1. The maximum atomic E-state index is 12.4. The van der Waals surface area contributed by atoms with Crippen LogP contribution in [0.1, 0.15) is 10.5 Å². The number of carbonyl (C=O) groups is 1. The number of aromatic nitrogens is 2. The first-order chi connectivity index (χ1) is 12.2. The van der Waals surface area contributed by atoms with Crippen LogP contribution in [0.2, 0.25) is 0 Å². The van der Waals surface area contributed by atoms with E-state index in [-0.39, 0.29) is 11.6 Å². The molecule has 0 aliphatic heterocycles. The lowest BCUT2D eigenvalue weighted by molar-refractivity contribution is 0.102. The topological polar surface area (TPSA) is 76.1 Å². The van der Waals surface area contributed by atoms with E-state index >= 15 is 0 Å². The zero-order chi connectivity index (χ0) is 17.6. The lowest BCUT2D eigenvalue weighted by Gasteiger charge is -2.09. The van der Waals surface area contributed by atoms with E-state index in [1.807, 2.05) is 24.3 Å². The van der Waals surface area contributed by atoms with E-state index in [1.165, 1.54) is 6.33 Å². The molecule has 0 saturated heterocycles. The minimum Gasteiger partial charge on any atom is -0.497 e. The highest BCUT2D eigenvalue weighted by Crippen LogP contribution is 2.24. The number of nitrogens with zero attached hydrogens (tertiary/aromatic N) is 2. The molecule has 0 aliphatic rings. The first-order valence-electron chi connectivity index (χ1n) is 7.45. The highest BCUT2D eigenvalue weighted by Gasteiger charge is 2.10. The Morgan fingerprint density at radius 1 is 1.08 bits per heavy atom. The molecule has 0 atom stereocenters. The highest BCUT2D eigenvalue weighted by molar-refractivity contribution is 9.10. The van der Waals surface area contributed by atoms with Gasteiger partial charge in [-0.25, -0.2) is 9.97 Å². The standard InChI is InChI=1S/C18H15BrN4O2/c1-25-13-6-4-5-12(9-13)22-18(24)16-10-17(21-11-20-16)23-15-8-3-2-7-14(15)19/h2-11H,1H3,(H,22,24)(H,20,21,23). The van der Waals surface area contributed by atoms with Gasteiger partial charge >= 0.3 is 0 Å². The van der Waals surface area contributed by atoms with Crippen molar-refractivity contribution in [1.29, 1.82) is 0 Å². The van der Waals surface area contributed by atoms with Gasteiger partial charge in [0, 0.05) is 22.3 Å². The molecule has 126 valence electrons. The van der Waals surface area contributed by atoms with Crippen molar-refractivity contribution < 1.29 is 9.53 Å². The van der Waals surface area contributed by atoms with Crippen LogP contribution in [0, 0.1) is 0 Å². The van der Waals surface area contributed by atoms with E-state index < -0.39 is 0 Å². The third kappa shape index (κ3) is 4.33. The summed E-state index contributed by atoms with van der Waals surface area (Å²) in [6.45, 7) is 0. The van der Waals surface area contributed by atoms with Crippen LogP contribution in [0.4, 0.5) is 17.2 Å². The fourth-order valence-electron chi connectivity index (χ4n) is 2.15. The molecule has 0 radical (unpaired) electrons. The molecule has 0 bridgehead atoms. The van der Waals surface area contributed by atoms with Crippen LogP contribution in [0.3, 0.4) is 0 Å². The number of methoxy groups -OCH3 is 1. The second-order valence-electron chi connectivity index (χ2n) is 5.08. The van der Waals surface area contributed by atoms with Gasteiger partial charge in [-0.1, -0.05) is 18.2 Å². The number of hydrogen-bond donors (Lipinski definition) is 2. The minimum absolute atomic E-state index is 0.257. The number of nitrogens with one attached hydrogen (secondary N) is 2. The molecule has 2 N–H and O–H groups in total. The number of amides is 1. The molecule has 0 fully saturated rings. The largest absolute Gasteiger partial charge is 0.497 e. The van der Waals surface area contributed by atoms with E-state index in [0.29, 0.717) is 17.3 Å². The van der Waals surface area contributed by atoms with Crippen molar-refractivity contribution >= 4 is 39.0 Å². The smallest absolute Gasteiger partial charge is 0.274 e. The van der Waals surface area contributed by atoms with Gasteiger partial charge in [0.1, 0.15) is 23.6 Å². The van der Waals surface area contributed by atoms with E-state index in [4.69, 9.17) is 4.74 Å². The van der Waals surface area contributed by atoms with Gasteiger partial charge < -0.3 is 15.4 Å². The van der Waals surface area contributed by atoms with E-state index in [1.54, 1.807) is 37.4 Å². The second kappa shape index (κ2) is 7.76. The van der Waals surface area contributed by atoms with Crippen LogP contribution in [0.25, 0.3) is 0 Å². The van der Waals surface area contributed by atoms with E-state index in [2.05, 4.69) is 36.5 Å². The SMILES string of the molecule is COc1cccc(NC(=O)c2cc(Nc3ccccc3Br)ncn2)c1. The van der Waals surface area contributed by atoms with E-state index in [0.717, 1.165) is 10.2 Å². The first-order valence-corrected chi connectivity index (χ1v) is 8.24. The zero-order valence-electron chi connectivity index (χ0n) is 13.4. The Morgan fingerprint density at radius 2 is 1.92 bits per heavy atom. The number of halogens is 1.